The lowest BCUT2D eigenvalue weighted by atomic mass is 9.88. The molecule has 0 bridgehead atoms. The van der Waals surface area contributed by atoms with Gasteiger partial charge in [-0.25, -0.2) is 0 Å². The summed E-state index contributed by atoms with van der Waals surface area (Å²) in [5, 5.41) is 11.0. The van der Waals surface area contributed by atoms with Gasteiger partial charge < -0.3 is 15.6 Å². The average Bonchev–Trinajstić information content (AvgIpc) is 2.72. The van der Waals surface area contributed by atoms with E-state index in [-0.39, 0.29) is 6.04 Å². The van der Waals surface area contributed by atoms with Crippen molar-refractivity contribution in [3.05, 3.63) is 65.2 Å². The van der Waals surface area contributed by atoms with E-state index in [2.05, 4.69) is 0 Å². The van der Waals surface area contributed by atoms with E-state index < -0.39 is 5.60 Å². The average molecular weight is 255 g/mol. The highest BCUT2D eigenvalue weighted by molar-refractivity contribution is 5.47. The predicted molar refractivity (Wildman–Crippen MR) is 74.0 cm³/mol. The van der Waals surface area contributed by atoms with Crippen molar-refractivity contribution in [2.75, 3.05) is 7.11 Å². The Hall–Kier alpha value is -1.84. The summed E-state index contributed by atoms with van der Waals surface area (Å²) in [5.41, 5.74) is 7.93. The van der Waals surface area contributed by atoms with E-state index in [1.165, 1.54) is 0 Å². The second kappa shape index (κ2) is 4.37. The van der Waals surface area contributed by atoms with Crippen LogP contribution < -0.4 is 10.5 Å². The van der Waals surface area contributed by atoms with Gasteiger partial charge in [0, 0.05) is 12.5 Å². The summed E-state index contributed by atoms with van der Waals surface area (Å²) in [7, 11) is 1.63. The quantitative estimate of drug-likeness (QED) is 0.866. The van der Waals surface area contributed by atoms with Crippen LogP contribution in [0.25, 0.3) is 0 Å². The number of benzene rings is 2. The molecule has 3 heteroatoms. The van der Waals surface area contributed by atoms with Crippen LogP contribution in [0.3, 0.4) is 0 Å². The van der Waals surface area contributed by atoms with E-state index in [4.69, 9.17) is 10.5 Å². The van der Waals surface area contributed by atoms with Crippen LogP contribution in [0, 0.1) is 0 Å². The third-order valence-corrected chi connectivity index (χ3v) is 3.89. The van der Waals surface area contributed by atoms with Crippen LogP contribution in [-0.4, -0.2) is 12.2 Å². The van der Waals surface area contributed by atoms with Crippen molar-refractivity contribution in [2.45, 2.75) is 18.1 Å². The summed E-state index contributed by atoms with van der Waals surface area (Å²) >= 11 is 0. The smallest absolute Gasteiger partial charge is 0.118 e. The van der Waals surface area contributed by atoms with Gasteiger partial charge in [-0.05, 0) is 28.8 Å². The first kappa shape index (κ1) is 12.2. The number of fused-ring (bicyclic) bond motifs is 1. The Bertz CT molecular complexity index is 594. The van der Waals surface area contributed by atoms with Crippen LogP contribution in [0.15, 0.2) is 48.5 Å². The molecule has 3 nitrogen and oxygen atoms in total. The monoisotopic (exact) mass is 255 g/mol. The van der Waals surface area contributed by atoms with Crippen LogP contribution in [0.4, 0.5) is 0 Å². The minimum atomic E-state index is -0.998. The van der Waals surface area contributed by atoms with E-state index in [0.29, 0.717) is 6.42 Å². The van der Waals surface area contributed by atoms with Gasteiger partial charge in [0.05, 0.1) is 7.11 Å². The molecular weight excluding hydrogens is 238 g/mol. The zero-order valence-corrected chi connectivity index (χ0v) is 10.8. The molecule has 1 aliphatic rings. The molecule has 2 aromatic rings. The minimum absolute atomic E-state index is 0.122. The van der Waals surface area contributed by atoms with Gasteiger partial charge in [0.15, 0.2) is 0 Å². The Morgan fingerprint density at radius 2 is 1.84 bits per heavy atom. The zero-order valence-electron chi connectivity index (χ0n) is 10.8. The highest BCUT2D eigenvalue weighted by atomic mass is 16.5. The number of aliphatic hydroxyl groups is 1. The number of hydrogen-bond acceptors (Lipinski definition) is 3. The van der Waals surface area contributed by atoms with Crippen molar-refractivity contribution in [3.8, 4) is 5.75 Å². The summed E-state index contributed by atoms with van der Waals surface area (Å²) < 4.78 is 5.15. The van der Waals surface area contributed by atoms with Gasteiger partial charge in [0.1, 0.15) is 11.4 Å². The Morgan fingerprint density at radius 1 is 1.16 bits per heavy atom. The predicted octanol–water partition coefficient (Wildman–Crippen LogP) is 2.33. The Kier molecular flexibility index (Phi) is 2.81. The first-order valence-electron chi connectivity index (χ1n) is 6.37. The highest BCUT2D eigenvalue weighted by Crippen LogP contribution is 2.46. The summed E-state index contributed by atoms with van der Waals surface area (Å²) in [6, 6.07) is 15.2. The molecule has 0 radical (unpaired) electrons. The maximum Gasteiger partial charge on any atom is 0.118 e. The second-order valence-corrected chi connectivity index (χ2v) is 4.99. The molecular formula is C16H17NO2. The van der Waals surface area contributed by atoms with Gasteiger partial charge in [0.25, 0.3) is 0 Å². The van der Waals surface area contributed by atoms with Gasteiger partial charge in [0.2, 0.25) is 0 Å². The number of hydrogen-bond donors (Lipinski definition) is 2. The topological polar surface area (TPSA) is 55.5 Å². The normalized spacial score (nSPS) is 25.1. The Morgan fingerprint density at radius 3 is 2.53 bits per heavy atom. The van der Waals surface area contributed by atoms with E-state index >= 15 is 0 Å². The third-order valence-electron chi connectivity index (χ3n) is 3.89. The molecule has 0 amide bonds. The van der Waals surface area contributed by atoms with Crippen molar-refractivity contribution < 1.29 is 9.84 Å². The van der Waals surface area contributed by atoms with E-state index in [0.717, 1.165) is 22.4 Å². The van der Waals surface area contributed by atoms with Crippen LogP contribution in [0.5, 0.6) is 5.75 Å². The summed E-state index contributed by atoms with van der Waals surface area (Å²) in [4.78, 5) is 0. The van der Waals surface area contributed by atoms with Gasteiger partial charge in [-0.2, -0.15) is 0 Å². The van der Waals surface area contributed by atoms with Gasteiger partial charge in [-0.3, -0.25) is 0 Å². The Balaban J connectivity index is 2.08. The molecule has 0 saturated heterocycles. The number of rotatable bonds is 2. The number of nitrogens with two attached hydrogens (primary N) is 1. The molecule has 3 N–H and O–H groups in total. The SMILES string of the molecule is COc1ccc(C2(O)CC(N)c3ccccc32)cc1. The summed E-state index contributed by atoms with van der Waals surface area (Å²) in [5.74, 6) is 0.780. The molecule has 3 rings (SSSR count). The lowest BCUT2D eigenvalue weighted by Crippen LogP contribution is -2.25. The largest absolute Gasteiger partial charge is 0.497 e. The molecule has 0 saturated carbocycles. The first-order chi connectivity index (χ1) is 9.15. The Labute approximate surface area is 112 Å². The van der Waals surface area contributed by atoms with Gasteiger partial charge in [-0.15, -0.1) is 0 Å². The maximum absolute atomic E-state index is 11.0. The molecule has 2 atom stereocenters. The maximum atomic E-state index is 11.0. The molecule has 98 valence electrons. The lowest BCUT2D eigenvalue weighted by molar-refractivity contribution is 0.0776. The molecule has 2 aromatic carbocycles. The van der Waals surface area contributed by atoms with Crippen molar-refractivity contribution in [1.29, 1.82) is 0 Å². The molecule has 0 spiro atoms. The molecule has 2 unspecified atom stereocenters. The summed E-state index contributed by atoms with van der Waals surface area (Å²) in [6.45, 7) is 0. The third kappa shape index (κ3) is 1.82. The van der Waals surface area contributed by atoms with Crippen molar-refractivity contribution in [1.82, 2.24) is 0 Å². The van der Waals surface area contributed by atoms with Crippen LogP contribution >= 0.6 is 0 Å². The number of ether oxygens (including phenoxy) is 1. The lowest BCUT2D eigenvalue weighted by Gasteiger charge is -2.25. The highest BCUT2D eigenvalue weighted by Gasteiger charge is 2.42. The first-order valence-corrected chi connectivity index (χ1v) is 6.37. The van der Waals surface area contributed by atoms with E-state index in [1.807, 2.05) is 48.5 Å². The zero-order chi connectivity index (χ0) is 13.5. The molecule has 0 fully saturated rings. The molecule has 1 aliphatic carbocycles. The van der Waals surface area contributed by atoms with Gasteiger partial charge >= 0.3 is 0 Å². The van der Waals surface area contributed by atoms with Crippen LogP contribution in [0.2, 0.25) is 0 Å². The second-order valence-electron chi connectivity index (χ2n) is 4.99. The molecule has 0 aliphatic heterocycles. The number of methoxy groups -OCH3 is 1. The fourth-order valence-electron chi connectivity index (χ4n) is 2.88. The van der Waals surface area contributed by atoms with E-state index in [1.54, 1.807) is 7.11 Å². The molecule has 0 aromatic heterocycles. The van der Waals surface area contributed by atoms with Gasteiger partial charge in [-0.1, -0.05) is 36.4 Å². The van der Waals surface area contributed by atoms with Crippen molar-refractivity contribution in [3.63, 3.8) is 0 Å². The van der Waals surface area contributed by atoms with Crippen LogP contribution in [0.1, 0.15) is 29.2 Å². The summed E-state index contributed by atoms with van der Waals surface area (Å²) in [6.07, 6.45) is 0.513. The van der Waals surface area contributed by atoms with Crippen molar-refractivity contribution in [2.24, 2.45) is 5.73 Å². The fourth-order valence-corrected chi connectivity index (χ4v) is 2.88. The standard InChI is InChI=1S/C16H17NO2/c1-19-12-8-6-11(7-9-12)16(18)10-15(17)13-4-2-3-5-14(13)16/h2-9,15,18H,10,17H2,1H3. The van der Waals surface area contributed by atoms with Crippen molar-refractivity contribution >= 4 is 0 Å². The molecule has 0 heterocycles. The molecule has 19 heavy (non-hydrogen) atoms. The minimum Gasteiger partial charge on any atom is -0.497 e. The van der Waals surface area contributed by atoms with Crippen LogP contribution in [-0.2, 0) is 5.60 Å². The fraction of sp³-hybridized carbons (Fsp3) is 0.250. The van der Waals surface area contributed by atoms with E-state index in [9.17, 15) is 5.11 Å².